The summed E-state index contributed by atoms with van der Waals surface area (Å²) in [5.74, 6) is -0.612. The van der Waals surface area contributed by atoms with Gasteiger partial charge in [-0.2, -0.15) is 5.10 Å². The fraction of sp³-hybridized carbons (Fsp3) is 0.0476. The smallest absolute Gasteiger partial charge is 0.406 e. The van der Waals surface area contributed by atoms with E-state index < -0.39 is 6.36 Å². The van der Waals surface area contributed by atoms with Crippen molar-refractivity contribution in [3.05, 3.63) is 84.6 Å². The molecule has 0 saturated carbocycles. The van der Waals surface area contributed by atoms with E-state index >= 15 is 0 Å². The zero-order valence-electron chi connectivity index (χ0n) is 14.9. The summed E-state index contributed by atoms with van der Waals surface area (Å²) in [5.41, 5.74) is 2.08. The van der Waals surface area contributed by atoms with Gasteiger partial charge in [0, 0.05) is 17.0 Å². The number of amides is 1. The molecule has 1 amide bonds. The van der Waals surface area contributed by atoms with Gasteiger partial charge in [0.2, 0.25) is 0 Å². The minimum atomic E-state index is -4.78. The van der Waals surface area contributed by atoms with Gasteiger partial charge in [-0.1, -0.05) is 30.3 Å². The number of anilines is 1. The first kappa shape index (κ1) is 18.5. The molecule has 0 aliphatic rings. The molecule has 8 heteroatoms. The Bertz CT molecular complexity index is 1170. The highest BCUT2D eigenvalue weighted by Crippen LogP contribution is 2.28. The van der Waals surface area contributed by atoms with Crippen molar-refractivity contribution in [3.8, 4) is 11.4 Å². The van der Waals surface area contributed by atoms with Crippen LogP contribution in [0.4, 0.5) is 18.9 Å². The fourth-order valence-corrected chi connectivity index (χ4v) is 2.96. The van der Waals surface area contributed by atoms with Crippen molar-refractivity contribution in [2.45, 2.75) is 6.36 Å². The highest BCUT2D eigenvalue weighted by atomic mass is 19.4. The molecule has 0 saturated heterocycles. The van der Waals surface area contributed by atoms with E-state index in [0.717, 1.165) is 0 Å². The van der Waals surface area contributed by atoms with Crippen molar-refractivity contribution in [2.24, 2.45) is 0 Å². The van der Waals surface area contributed by atoms with Gasteiger partial charge < -0.3 is 10.1 Å². The van der Waals surface area contributed by atoms with E-state index in [0.29, 0.717) is 27.8 Å². The van der Waals surface area contributed by atoms with Gasteiger partial charge in [-0.15, -0.1) is 13.2 Å². The van der Waals surface area contributed by atoms with Gasteiger partial charge in [0.05, 0.1) is 23.1 Å². The number of rotatable bonds is 4. The summed E-state index contributed by atoms with van der Waals surface area (Å²) in [6.07, 6.45) is -3.23. The Morgan fingerprint density at radius 3 is 2.48 bits per heavy atom. The number of aromatic nitrogens is 2. The van der Waals surface area contributed by atoms with Crippen LogP contribution in [0.5, 0.6) is 5.75 Å². The van der Waals surface area contributed by atoms with E-state index in [2.05, 4.69) is 15.2 Å². The molecule has 4 aromatic rings. The van der Waals surface area contributed by atoms with Gasteiger partial charge in [0.15, 0.2) is 0 Å². The molecule has 0 bridgehead atoms. The molecule has 0 aliphatic heterocycles. The van der Waals surface area contributed by atoms with E-state index in [1.807, 2.05) is 6.07 Å². The molecule has 0 atom stereocenters. The van der Waals surface area contributed by atoms with Crippen LogP contribution >= 0.6 is 0 Å². The van der Waals surface area contributed by atoms with Crippen LogP contribution in [0.25, 0.3) is 16.6 Å². The molecule has 1 N–H and O–H groups in total. The number of nitrogens with zero attached hydrogens (tertiary/aromatic N) is 2. The van der Waals surface area contributed by atoms with E-state index in [-0.39, 0.29) is 11.7 Å². The SMILES string of the molecule is O=C(Nc1cccc2c1cnn2-c1cccc(OC(F)(F)F)c1)c1ccccc1. The number of hydrogen-bond acceptors (Lipinski definition) is 3. The lowest BCUT2D eigenvalue weighted by molar-refractivity contribution is -0.274. The molecule has 29 heavy (non-hydrogen) atoms. The second kappa shape index (κ2) is 7.31. The largest absolute Gasteiger partial charge is 0.573 e. The molecule has 0 fully saturated rings. The lowest BCUT2D eigenvalue weighted by Gasteiger charge is -2.11. The lowest BCUT2D eigenvalue weighted by Crippen LogP contribution is -2.17. The van der Waals surface area contributed by atoms with Crippen LogP contribution in [0, 0.1) is 0 Å². The van der Waals surface area contributed by atoms with Gasteiger partial charge in [-0.05, 0) is 36.4 Å². The zero-order chi connectivity index (χ0) is 20.4. The van der Waals surface area contributed by atoms with E-state index in [9.17, 15) is 18.0 Å². The third kappa shape index (κ3) is 4.06. The molecule has 4 rings (SSSR count). The quantitative estimate of drug-likeness (QED) is 0.517. The van der Waals surface area contributed by atoms with Crippen LogP contribution in [0.3, 0.4) is 0 Å². The molecule has 1 aromatic heterocycles. The van der Waals surface area contributed by atoms with Gasteiger partial charge in [0.1, 0.15) is 5.75 Å². The van der Waals surface area contributed by atoms with Crippen LogP contribution in [0.2, 0.25) is 0 Å². The third-order valence-electron chi connectivity index (χ3n) is 4.19. The Morgan fingerprint density at radius 1 is 0.966 bits per heavy atom. The summed E-state index contributed by atoms with van der Waals surface area (Å²) < 4.78 is 43.0. The van der Waals surface area contributed by atoms with Crippen LogP contribution < -0.4 is 10.1 Å². The lowest BCUT2D eigenvalue weighted by atomic mass is 10.2. The van der Waals surface area contributed by atoms with Crippen LogP contribution in [-0.2, 0) is 0 Å². The van der Waals surface area contributed by atoms with Crippen molar-refractivity contribution in [1.82, 2.24) is 9.78 Å². The number of carbonyl (C=O) groups is 1. The number of halogens is 3. The molecule has 0 radical (unpaired) electrons. The zero-order valence-corrected chi connectivity index (χ0v) is 14.9. The second-order valence-electron chi connectivity index (χ2n) is 6.16. The van der Waals surface area contributed by atoms with E-state index in [1.165, 1.54) is 22.9 Å². The first-order chi connectivity index (χ1) is 13.9. The normalized spacial score (nSPS) is 11.4. The summed E-state index contributed by atoms with van der Waals surface area (Å²) >= 11 is 0. The second-order valence-corrected chi connectivity index (χ2v) is 6.16. The average molecular weight is 397 g/mol. The van der Waals surface area contributed by atoms with Gasteiger partial charge in [0.25, 0.3) is 5.91 Å². The maximum atomic E-state index is 12.5. The minimum absolute atomic E-state index is 0.272. The molecular weight excluding hydrogens is 383 g/mol. The van der Waals surface area contributed by atoms with Crippen LogP contribution in [-0.4, -0.2) is 22.1 Å². The number of hydrogen-bond donors (Lipinski definition) is 1. The van der Waals surface area contributed by atoms with Crippen molar-refractivity contribution in [2.75, 3.05) is 5.32 Å². The monoisotopic (exact) mass is 397 g/mol. The minimum Gasteiger partial charge on any atom is -0.406 e. The summed E-state index contributed by atoms with van der Waals surface area (Å²) in [6, 6.07) is 19.5. The Kier molecular flexibility index (Phi) is 4.67. The summed E-state index contributed by atoms with van der Waals surface area (Å²) in [5, 5.41) is 7.77. The van der Waals surface area contributed by atoms with Crippen LogP contribution in [0.15, 0.2) is 79.0 Å². The maximum absolute atomic E-state index is 12.5. The molecule has 146 valence electrons. The summed E-state index contributed by atoms with van der Waals surface area (Å²) in [4.78, 5) is 12.5. The fourth-order valence-electron chi connectivity index (χ4n) is 2.96. The van der Waals surface area contributed by atoms with Gasteiger partial charge >= 0.3 is 6.36 Å². The summed E-state index contributed by atoms with van der Waals surface area (Å²) in [7, 11) is 0. The number of alkyl halides is 3. The number of ether oxygens (including phenoxy) is 1. The van der Waals surface area contributed by atoms with E-state index in [4.69, 9.17) is 0 Å². The molecule has 5 nitrogen and oxygen atoms in total. The number of carbonyl (C=O) groups excluding carboxylic acids is 1. The van der Waals surface area contributed by atoms with Crippen molar-refractivity contribution >= 4 is 22.5 Å². The van der Waals surface area contributed by atoms with Gasteiger partial charge in [-0.3, -0.25) is 4.79 Å². The van der Waals surface area contributed by atoms with Crippen LogP contribution in [0.1, 0.15) is 10.4 Å². The highest BCUT2D eigenvalue weighted by Gasteiger charge is 2.31. The Morgan fingerprint density at radius 2 is 1.72 bits per heavy atom. The standard InChI is InChI=1S/C21H14F3N3O2/c22-21(23,24)29-16-9-4-8-15(12-16)27-19-11-5-10-18(17(19)13-25-27)26-20(28)14-6-2-1-3-7-14/h1-13H,(H,26,28). The Balaban J connectivity index is 1.68. The Labute approximate surface area is 163 Å². The molecule has 1 heterocycles. The topological polar surface area (TPSA) is 56.2 Å². The molecule has 0 spiro atoms. The number of benzene rings is 3. The Hall–Kier alpha value is -3.81. The predicted molar refractivity (Wildman–Crippen MR) is 102 cm³/mol. The number of fused-ring (bicyclic) bond motifs is 1. The number of nitrogens with one attached hydrogen (secondary N) is 1. The predicted octanol–water partition coefficient (Wildman–Crippen LogP) is 5.18. The van der Waals surface area contributed by atoms with Crippen molar-refractivity contribution in [3.63, 3.8) is 0 Å². The first-order valence-corrected chi connectivity index (χ1v) is 8.60. The van der Waals surface area contributed by atoms with E-state index in [1.54, 1.807) is 54.7 Å². The molecule has 0 unspecified atom stereocenters. The van der Waals surface area contributed by atoms with Gasteiger partial charge in [-0.25, -0.2) is 4.68 Å². The first-order valence-electron chi connectivity index (χ1n) is 8.60. The summed E-state index contributed by atoms with van der Waals surface area (Å²) in [6.45, 7) is 0. The van der Waals surface area contributed by atoms with Crippen molar-refractivity contribution < 1.29 is 22.7 Å². The highest BCUT2D eigenvalue weighted by molar-refractivity contribution is 6.08. The average Bonchev–Trinajstić information content (AvgIpc) is 3.13. The molecular formula is C21H14F3N3O2. The molecule has 0 aliphatic carbocycles. The van der Waals surface area contributed by atoms with Crippen molar-refractivity contribution in [1.29, 1.82) is 0 Å². The third-order valence-corrected chi connectivity index (χ3v) is 4.19. The maximum Gasteiger partial charge on any atom is 0.573 e. The molecule has 3 aromatic carbocycles.